The first kappa shape index (κ1) is 15.8. The van der Waals surface area contributed by atoms with Crippen molar-refractivity contribution in [3.8, 4) is 5.75 Å². The number of amides is 1. The second kappa shape index (κ2) is 6.44. The van der Waals surface area contributed by atoms with Crippen LogP contribution in [-0.4, -0.2) is 38.7 Å². The number of primary amides is 1. The van der Waals surface area contributed by atoms with E-state index < -0.39 is 17.8 Å². The number of methoxy groups -OCH3 is 2. The summed E-state index contributed by atoms with van der Waals surface area (Å²) in [6.07, 6.45) is 0. The molecule has 116 valence electrons. The number of carbonyl (C=O) groups excluding carboxylic acids is 3. The van der Waals surface area contributed by atoms with Gasteiger partial charge in [-0.3, -0.25) is 4.79 Å². The molecule has 0 unspecified atom stereocenters. The SMILES string of the molecule is COC(=O)COc1c(C(=O)OC)sc2cc(C(N)=O)ccc12. The quantitative estimate of drug-likeness (QED) is 0.832. The van der Waals surface area contributed by atoms with Gasteiger partial charge in [-0.25, -0.2) is 9.59 Å². The molecule has 2 N–H and O–H groups in total. The molecule has 0 aliphatic carbocycles. The summed E-state index contributed by atoms with van der Waals surface area (Å²) in [6.45, 7) is -0.343. The summed E-state index contributed by atoms with van der Waals surface area (Å²) >= 11 is 1.09. The van der Waals surface area contributed by atoms with Gasteiger partial charge < -0.3 is 19.9 Å². The van der Waals surface area contributed by atoms with Crippen LogP contribution < -0.4 is 10.5 Å². The third-order valence-electron chi connectivity index (χ3n) is 2.86. The molecule has 1 amide bonds. The van der Waals surface area contributed by atoms with E-state index in [0.29, 0.717) is 15.6 Å². The lowest BCUT2D eigenvalue weighted by Gasteiger charge is -2.06. The molecule has 7 nitrogen and oxygen atoms in total. The molecule has 0 radical (unpaired) electrons. The number of fused-ring (bicyclic) bond motifs is 1. The number of carbonyl (C=O) groups is 3. The van der Waals surface area contributed by atoms with Gasteiger partial charge in [-0.2, -0.15) is 0 Å². The van der Waals surface area contributed by atoms with Crippen LogP contribution in [0.4, 0.5) is 0 Å². The first-order chi connectivity index (χ1) is 10.5. The Bertz CT molecular complexity index is 751. The maximum Gasteiger partial charge on any atom is 0.351 e. The lowest BCUT2D eigenvalue weighted by atomic mass is 10.1. The summed E-state index contributed by atoms with van der Waals surface area (Å²) in [5.74, 6) is -1.54. The van der Waals surface area contributed by atoms with Crippen molar-refractivity contribution in [3.63, 3.8) is 0 Å². The minimum absolute atomic E-state index is 0.197. The number of ether oxygens (including phenoxy) is 3. The molecule has 22 heavy (non-hydrogen) atoms. The number of hydrogen-bond donors (Lipinski definition) is 1. The van der Waals surface area contributed by atoms with Gasteiger partial charge in [0, 0.05) is 15.6 Å². The summed E-state index contributed by atoms with van der Waals surface area (Å²) in [5, 5.41) is 0.583. The fourth-order valence-corrected chi connectivity index (χ4v) is 2.89. The van der Waals surface area contributed by atoms with Crippen molar-refractivity contribution in [3.05, 3.63) is 28.6 Å². The van der Waals surface area contributed by atoms with E-state index in [-0.39, 0.29) is 17.2 Å². The molecule has 1 aromatic heterocycles. The van der Waals surface area contributed by atoms with Crippen molar-refractivity contribution in [2.24, 2.45) is 5.73 Å². The van der Waals surface area contributed by atoms with Gasteiger partial charge in [-0.05, 0) is 18.2 Å². The van der Waals surface area contributed by atoms with Crippen LogP contribution in [0.3, 0.4) is 0 Å². The van der Waals surface area contributed by atoms with Gasteiger partial charge in [0.25, 0.3) is 0 Å². The zero-order chi connectivity index (χ0) is 16.3. The third-order valence-corrected chi connectivity index (χ3v) is 3.98. The molecule has 0 saturated heterocycles. The van der Waals surface area contributed by atoms with Crippen LogP contribution in [0.25, 0.3) is 10.1 Å². The fourth-order valence-electron chi connectivity index (χ4n) is 1.79. The molecule has 8 heteroatoms. The number of nitrogens with two attached hydrogens (primary N) is 1. The van der Waals surface area contributed by atoms with E-state index in [1.165, 1.54) is 20.3 Å². The molecule has 0 spiro atoms. The molecule has 0 saturated carbocycles. The molecule has 2 rings (SSSR count). The van der Waals surface area contributed by atoms with Gasteiger partial charge >= 0.3 is 11.9 Å². The van der Waals surface area contributed by atoms with E-state index in [2.05, 4.69) is 4.74 Å². The zero-order valence-electron chi connectivity index (χ0n) is 11.9. The van der Waals surface area contributed by atoms with Crippen LogP contribution in [0.15, 0.2) is 18.2 Å². The topological polar surface area (TPSA) is 105 Å². The van der Waals surface area contributed by atoms with Crippen LogP contribution in [0.1, 0.15) is 20.0 Å². The molecule has 1 aromatic carbocycles. The summed E-state index contributed by atoms with van der Waals surface area (Å²) in [6, 6.07) is 4.67. The monoisotopic (exact) mass is 323 g/mol. The Morgan fingerprint density at radius 2 is 1.91 bits per heavy atom. The molecule has 0 aliphatic heterocycles. The number of thiophene rings is 1. The normalized spacial score (nSPS) is 10.3. The van der Waals surface area contributed by atoms with Gasteiger partial charge in [0.2, 0.25) is 5.91 Å². The Morgan fingerprint density at radius 1 is 1.18 bits per heavy atom. The summed E-state index contributed by atoms with van der Waals surface area (Å²) < 4.78 is 15.2. The summed E-state index contributed by atoms with van der Waals surface area (Å²) in [7, 11) is 2.48. The summed E-state index contributed by atoms with van der Waals surface area (Å²) in [5.41, 5.74) is 5.54. The van der Waals surface area contributed by atoms with Crippen molar-refractivity contribution in [2.75, 3.05) is 20.8 Å². The third kappa shape index (κ3) is 3.01. The Kier molecular flexibility index (Phi) is 4.62. The van der Waals surface area contributed by atoms with Crippen LogP contribution in [0.5, 0.6) is 5.75 Å². The lowest BCUT2D eigenvalue weighted by molar-refractivity contribution is -0.142. The largest absolute Gasteiger partial charge is 0.479 e. The molecule has 2 aromatic rings. The van der Waals surface area contributed by atoms with E-state index in [9.17, 15) is 14.4 Å². The summed E-state index contributed by atoms with van der Waals surface area (Å²) in [4.78, 5) is 34.5. The van der Waals surface area contributed by atoms with E-state index in [1.807, 2.05) is 0 Å². The standard InChI is InChI=1S/C14H13NO6S/c1-19-10(16)6-21-11-8-4-3-7(13(15)17)5-9(8)22-12(11)14(18)20-2/h3-5H,6H2,1-2H3,(H2,15,17). The van der Waals surface area contributed by atoms with Crippen LogP contribution in [0.2, 0.25) is 0 Å². The Morgan fingerprint density at radius 3 is 2.50 bits per heavy atom. The van der Waals surface area contributed by atoms with Gasteiger partial charge in [0.05, 0.1) is 14.2 Å². The molecule has 1 heterocycles. The zero-order valence-corrected chi connectivity index (χ0v) is 12.7. The molecular weight excluding hydrogens is 310 g/mol. The fraction of sp³-hybridized carbons (Fsp3) is 0.214. The average Bonchev–Trinajstić information content (AvgIpc) is 2.89. The Hall–Kier alpha value is -2.61. The predicted molar refractivity (Wildman–Crippen MR) is 79.2 cm³/mol. The van der Waals surface area contributed by atoms with E-state index in [4.69, 9.17) is 15.2 Å². The Balaban J connectivity index is 2.51. The van der Waals surface area contributed by atoms with Crippen molar-refractivity contribution >= 4 is 39.3 Å². The number of esters is 2. The predicted octanol–water partition coefficient (Wildman–Crippen LogP) is 1.34. The first-order valence-electron chi connectivity index (χ1n) is 6.12. The van der Waals surface area contributed by atoms with Crippen molar-refractivity contribution in [1.82, 2.24) is 0 Å². The minimum Gasteiger partial charge on any atom is -0.479 e. The van der Waals surface area contributed by atoms with Crippen molar-refractivity contribution < 1.29 is 28.6 Å². The highest BCUT2D eigenvalue weighted by molar-refractivity contribution is 7.21. The van der Waals surface area contributed by atoms with Gasteiger partial charge in [-0.1, -0.05) is 0 Å². The molecule has 0 bridgehead atoms. The van der Waals surface area contributed by atoms with E-state index in [0.717, 1.165) is 11.3 Å². The highest BCUT2D eigenvalue weighted by Gasteiger charge is 2.22. The van der Waals surface area contributed by atoms with Crippen LogP contribution in [-0.2, 0) is 14.3 Å². The van der Waals surface area contributed by atoms with E-state index >= 15 is 0 Å². The maximum atomic E-state index is 11.8. The number of benzene rings is 1. The molecule has 0 fully saturated rings. The average molecular weight is 323 g/mol. The van der Waals surface area contributed by atoms with Gasteiger partial charge in [-0.15, -0.1) is 11.3 Å². The number of rotatable bonds is 5. The second-order valence-electron chi connectivity index (χ2n) is 4.19. The first-order valence-corrected chi connectivity index (χ1v) is 6.93. The molecular formula is C14H13NO6S. The van der Waals surface area contributed by atoms with Gasteiger partial charge in [0.15, 0.2) is 17.2 Å². The van der Waals surface area contributed by atoms with Crippen LogP contribution >= 0.6 is 11.3 Å². The molecule has 0 atom stereocenters. The molecule has 0 aliphatic rings. The van der Waals surface area contributed by atoms with Crippen molar-refractivity contribution in [1.29, 1.82) is 0 Å². The smallest absolute Gasteiger partial charge is 0.351 e. The van der Waals surface area contributed by atoms with Crippen molar-refractivity contribution in [2.45, 2.75) is 0 Å². The Labute approximate surface area is 129 Å². The van der Waals surface area contributed by atoms with E-state index in [1.54, 1.807) is 12.1 Å². The maximum absolute atomic E-state index is 11.8. The second-order valence-corrected chi connectivity index (χ2v) is 5.24. The minimum atomic E-state index is -0.596. The van der Waals surface area contributed by atoms with Crippen LogP contribution in [0, 0.1) is 0 Å². The highest BCUT2D eigenvalue weighted by Crippen LogP contribution is 2.38. The number of hydrogen-bond acceptors (Lipinski definition) is 7. The highest BCUT2D eigenvalue weighted by atomic mass is 32.1. The lowest BCUT2D eigenvalue weighted by Crippen LogP contribution is -2.14. The van der Waals surface area contributed by atoms with Gasteiger partial charge in [0.1, 0.15) is 0 Å².